The smallest absolute Gasteiger partial charge is 0.162 e. The van der Waals surface area contributed by atoms with Crippen molar-refractivity contribution in [2.75, 3.05) is 4.90 Å². The maximum absolute atomic E-state index is 14.4. The molecule has 1 fully saturated rings. The van der Waals surface area contributed by atoms with E-state index in [1.807, 2.05) is 23.1 Å². The molecule has 3 nitrogen and oxygen atoms in total. The van der Waals surface area contributed by atoms with Gasteiger partial charge in [0.25, 0.3) is 0 Å². The summed E-state index contributed by atoms with van der Waals surface area (Å²) < 4.78 is 20.0. The molecule has 0 aliphatic heterocycles. The van der Waals surface area contributed by atoms with Crippen LogP contribution in [0.15, 0.2) is 39.4 Å². The summed E-state index contributed by atoms with van der Waals surface area (Å²) in [6, 6.07) is 9.32. The molecule has 0 bridgehead atoms. The lowest BCUT2D eigenvalue weighted by molar-refractivity contribution is 0.498. The zero-order valence-corrected chi connectivity index (χ0v) is 12.2. The van der Waals surface area contributed by atoms with Crippen molar-refractivity contribution in [1.82, 2.24) is 0 Å². The minimum Gasteiger partial charge on any atom is -0.467 e. The fourth-order valence-corrected chi connectivity index (χ4v) is 2.64. The van der Waals surface area contributed by atoms with Crippen molar-refractivity contribution < 1.29 is 8.81 Å². The van der Waals surface area contributed by atoms with Crippen molar-refractivity contribution in [3.8, 4) is 6.07 Å². The number of hydrogen-bond donors (Lipinski definition) is 0. The fraction of sp³-hybridized carbons (Fsp3) is 0.267. The second kappa shape index (κ2) is 5.29. The third kappa shape index (κ3) is 2.44. The van der Waals surface area contributed by atoms with E-state index in [4.69, 9.17) is 9.68 Å². The van der Waals surface area contributed by atoms with Gasteiger partial charge in [-0.05, 0) is 53.0 Å². The highest BCUT2D eigenvalue weighted by molar-refractivity contribution is 9.10. The summed E-state index contributed by atoms with van der Waals surface area (Å²) in [4.78, 5) is 2.00. The van der Waals surface area contributed by atoms with Gasteiger partial charge in [-0.3, -0.25) is 0 Å². The number of anilines is 1. The Kier molecular flexibility index (Phi) is 3.49. The van der Waals surface area contributed by atoms with Crippen molar-refractivity contribution in [3.63, 3.8) is 0 Å². The number of benzene rings is 1. The van der Waals surface area contributed by atoms with Gasteiger partial charge < -0.3 is 9.32 Å². The molecule has 1 aliphatic rings. The van der Waals surface area contributed by atoms with Crippen LogP contribution < -0.4 is 4.90 Å². The molecule has 2 aromatic rings. The average molecular weight is 335 g/mol. The zero-order valence-electron chi connectivity index (χ0n) is 10.6. The summed E-state index contributed by atoms with van der Waals surface area (Å²) in [6.07, 6.45) is 3.72. The molecular formula is C15H12BrFN2O. The average Bonchev–Trinajstić information content (AvgIpc) is 3.17. The predicted molar refractivity (Wildman–Crippen MR) is 76.7 cm³/mol. The van der Waals surface area contributed by atoms with Crippen molar-refractivity contribution in [1.29, 1.82) is 5.26 Å². The molecule has 0 spiro atoms. The molecule has 3 rings (SSSR count). The van der Waals surface area contributed by atoms with E-state index >= 15 is 0 Å². The number of hydrogen-bond acceptors (Lipinski definition) is 3. The summed E-state index contributed by atoms with van der Waals surface area (Å²) in [5.41, 5.74) is 0.815. The molecule has 0 radical (unpaired) electrons. The first-order valence-electron chi connectivity index (χ1n) is 6.38. The monoisotopic (exact) mass is 334 g/mol. The van der Waals surface area contributed by atoms with Crippen LogP contribution in [-0.4, -0.2) is 6.04 Å². The molecule has 5 heteroatoms. The SMILES string of the molecule is N#Cc1ccc(N(Cc2ccco2)C2CC2)c(F)c1Br. The third-order valence-electron chi connectivity index (χ3n) is 3.39. The Morgan fingerprint density at radius 3 is 2.80 bits per heavy atom. The Morgan fingerprint density at radius 2 is 2.20 bits per heavy atom. The normalized spacial score (nSPS) is 14.1. The van der Waals surface area contributed by atoms with E-state index in [-0.39, 0.29) is 10.3 Å². The summed E-state index contributed by atoms with van der Waals surface area (Å²) in [5, 5.41) is 8.93. The van der Waals surface area contributed by atoms with Crippen LogP contribution in [0, 0.1) is 17.1 Å². The maximum Gasteiger partial charge on any atom is 0.162 e. The van der Waals surface area contributed by atoms with E-state index in [9.17, 15) is 4.39 Å². The van der Waals surface area contributed by atoms with Gasteiger partial charge in [0.05, 0.1) is 28.5 Å². The van der Waals surface area contributed by atoms with E-state index in [0.717, 1.165) is 18.6 Å². The van der Waals surface area contributed by atoms with Crippen molar-refractivity contribution in [3.05, 3.63) is 52.1 Å². The molecule has 0 atom stereocenters. The van der Waals surface area contributed by atoms with Crippen LogP contribution in [0.5, 0.6) is 0 Å². The number of rotatable bonds is 4. The molecule has 1 aromatic carbocycles. The zero-order chi connectivity index (χ0) is 14.1. The van der Waals surface area contributed by atoms with Crippen LogP contribution >= 0.6 is 15.9 Å². The number of nitriles is 1. The lowest BCUT2D eigenvalue weighted by Gasteiger charge is -2.24. The minimum absolute atomic E-state index is 0.225. The number of nitrogens with zero attached hydrogens (tertiary/aromatic N) is 2. The van der Waals surface area contributed by atoms with Gasteiger partial charge in [0.2, 0.25) is 0 Å². The Labute approximate surface area is 124 Å². The van der Waals surface area contributed by atoms with Gasteiger partial charge in [-0.15, -0.1) is 0 Å². The van der Waals surface area contributed by atoms with Gasteiger partial charge in [0, 0.05) is 6.04 Å². The lowest BCUT2D eigenvalue weighted by atomic mass is 10.2. The quantitative estimate of drug-likeness (QED) is 0.840. The molecule has 1 saturated carbocycles. The largest absolute Gasteiger partial charge is 0.467 e. The molecule has 20 heavy (non-hydrogen) atoms. The first-order chi connectivity index (χ1) is 9.70. The van der Waals surface area contributed by atoms with E-state index in [0.29, 0.717) is 23.8 Å². The van der Waals surface area contributed by atoms with Gasteiger partial charge in [-0.25, -0.2) is 4.39 Å². The second-order valence-corrected chi connectivity index (χ2v) is 5.60. The van der Waals surface area contributed by atoms with Gasteiger partial charge in [0.15, 0.2) is 5.82 Å². The standard InChI is InChI=1S/C15H12BrFN2O/c16-14-10(8-18)3-6-13(15(14)17)19(11-4-5-11)9-12-2-1-7-20-12/h1-3,6-7,11H,4-5,9H2. The van der Waals surface area contributed by atoms with Gasteiger partial charge >= 0.3 is 0 Å². The van der Waals surface area contributed by atoms with Crippen molar-refractivity contribution >= 4 is 21.6 Å². The van der Waals surface area contributed by atoms with Crippen LogP contribution in [0.1, 0.15) is 24.2 Å². The molecule has 0 unspecified atom stereocenters. The Bertz CT molecular complexity index is 659. The van der Waals surface area contributed by atoms with E-state index < -0.39 is 0 Å². The molecular weight excluding hydrogens is 323 g/mol. The van der Waals surface area contributed by atoms with Crippen LogP contribution in [0.4, 0.5) is 10.1 Å². The van der Waals surface area contributed by atoms with Crippen LogP contribution in [0.25, 0.3) is 0 Å². The van der Waals surface area contributed by atoms with Crippen LogP contribution in [0.3, 0.4) is 0 Å². The van der Waals surface area contributed by atoms with Gasteiger partial charge in [0.1, 0.15) is 11.8 Å². The molecule has 1 aliphatic carbocycles. The molecule has 0 amide bonds. The fourth-order valence-electron chi connectivity index (χ4n) is 2.22. The Morgan fingerprint density at radius 1 is 1.40 bits per heavy atom. The van der Waals surface area contributed by atoms with Crippen molar-refractivity contribution in [2.45, 2.75) is 25.4 Å². The highest BCUT2D eigenvalue weighted by Gasteiger charge is 2.32. The van der Waals surface area contributed by atoms with Crippen LogP contribution in [-0.2, 0) is 6.54 Å². The Balaban J connectivity index is 1.96. The molecule has 1 aromatic heterocycles. The molecule has 0 N–H and O–H groups in total. The summed E-state index contributed by atoms with van der Waals surface area (Å²) in [6.45, 7) is 0.535. The second-order valence-electron chi connectivity index (χ2n) is 4.81. The first kappa shape index (κ1) is 13.2. The van der Waals surface area contributed by atoms with Gasteiger partial charge in [-0.1, -0.05) is 0 Å². The van der Waals surface area contributed by atoms with Gasteiger partial charge in [-0.2, -0.15) is 5.26 Å². The molecule has 102 valence electrons. The first-order valence-corrected chi connectivity index (χ1v) is 7.17. The minimum atomic E-state index is -0.387. The molecule has 1 heterocycles. The summed E-state index contributed by atoms with van der Waals surface area (Å²) in [5.74, 6) is 0.416. The van der Waals surface area contributed by atoms with E-state index in [2.05, 4.69) is 15.9 Å². The topological polar surface area (TPSA) is 40.2 Å². The molecule has 0 saturated heterocycles. The van der Waals surface area contributed by atoms with E-state index in [1.54, 1.807) is 18.4 Å². The summed E-state index contributed by atoms with van der Waals surface area (Å²) >= 11 is 3.16. The van der Waals surface area contributed by atoms with E-state index in [1.165, 1.54) is 0 Å². The lowest BCUT2D eigenvalue weighted by Crippen LogP contribution is -2.26. The maximum atomic E-state index is 14.4. The highest BCUT2D eigenvalue weighted by Crippen LogP contribution is 2.37. The predicted octanol–water partition coefficient (Wildman–Crippen LogP) is 4.22. The number of halogens is 2. The third-order valence-corrected chi connectivity index (χ3v) is 4.16. The summed E-state index contributed by atoms with van der Waals surface area (Å²) in [7, 11) is 0. The Hall–Kier alpha value is -1.80. The van der Waals surface area contributed by atoms with Crippen LogP contribution in [0.2, 0.25) is 0 Å². The van der Waals surface area contributed by atoms with Crippen molar-refractivity contribution in [2.24, 2.45) is 0 Å². The number of furan rings is 1. The highest BCUT2D eigenvalue weighted by atomic mass is 79.9.